The van der Waals surface area contributed by atoms with Crippen LogP contribution in [0.2, 0.25) is 0 Å². The van der Waals surface area contributed by atoms with Gasteiger partial charge in [0.2, 0.25) is 11.8 Å². The molecule has 0 saturated carbocycles. The van der Waals surface area contributed by atoms with Crippen LogP contribution in [-0.2, 0) is 14.4 Å². The van der Waals surface area contributed by atoms with E-state index in [1.165, 1.54) is 23.6 Å². The predicted octanol–water partition coefficient (Wildman–Crippen LogP) is -0.447. The van der Waals surface area contributed by atoms with Crippen molar-refractivity contribution in [3.8, 4) is 0 Å². The summed E-state index contributed by atoms with van der Waals surface area (Å²) < 4.78 is 0. The smallest absolute Gasteiger partial charge is 0.353 e. The molecule has 0 bridgehead atoms. The first-order chi connectivity index (χ1) is 12.1. The van der Waals surface area contributed by atoms with Crippen molar-refractivity contribution in [2.75, 3.05) is 6.54 Å². The second-order valence-corrected chi connectivity index (χ2v) is 8.35. The number of nitrogens with two attached hydrogens (primary N) is 1. The topological polar surface area (TPSA) is 148 Å². The molecule has 3 heterocycles. The number of amides is 2. The molecule has 0 aromatic heterocycles. The number of carboxylic acids is 1. The van der Waals surface area contributed by atoms with Gasteiger partial charge >= 0.3 is 5.97 Å². The lowest BCUT2D eigenvalue weighted by Crippen LogP contribution is -2.61. The fraction of sp³-hybridized carbons (Fsp3) is 0.625. The monoisotopic (exact) mass is 382 g/mol. The van der Waals surface area contributed by atoms with Crippen LogP contribution < -0.4 is 5.73 Å². The molecule has 5 atom stereocenters. The van der Waals surface area contributed by atoms with Crippen molar-refractivity contribution in [3.05, 3.63) is 10.6 Å². The van der Waals surface area contributed by atoms with Crippen LogP contribution in [0.4, 0.5) is 0 Å². The lowest BCUT2D eigenvalue weighted by Gasteiger charge is -2.44. The first kappa shape index (κ1) is 18.7. The molecular weight excluding hydrogens is 360 g/mol. The predicted molar refractivity (Wildman–Crippen MR) is 94.2 cm³/mol. The lowest BCUT2D eigenvalue weighted by atomic mass is 9.83. The van der Waals surface area contributed by atoms with Gasteiger partial charge in [-0.05, 0) is 20.3 Å². The van der Waals surface area contributed by atoms with E-state index in [4.69, 9.17) is 11.1 Å². The molecule has 0 spiro atoms. The highest BCUT2D eigenvalue weighted by Gasteiger charge is 2.57. The van der Waals surface area contributed by atoms with Gasteiger partial charge in [0.15, 0.2) is 0 Å². The molecular formula is C16H22N4O5S. The molecule has 9 nitrogen and oxygen atoms in total. The van der Waals surface area contributed by atoms with Crippen LogP contribution in [-0.4, -0.2) is 73.6 Å². The number of hydrogen-bond donors (Lipinski definition) is 4. The van der Waals surface area contributed by atoms with Gasteiger partial charge in [-0.3, -0.25) is 15.0 Å². The molecule has 2 fully saturated rings. The molecule has 2 saturated heterocycles. The Hall–Kier alpha value is -2.07. The third kappa shape index (κ3) is 2.86. The third-order valence-electron chi connectivity index (χ3n) is 5.22. The number of amidine groups is 1. The summed E-state index contributed by atoms with van der Waals surface area (Å²) in [5.74, 6) is -2.38. The van der Waals surface area contributed by atoms with E-state index < -0.39 is 29.9 Å². The molecule has 3 rings (SSSR count). The van der Waals surface area contributed by atoms with E-state index in [0.29, 0.717) is 24.3 Å². The number of primary amides is 1. The number of aliphatic carboxylic acids is 1. The van der Waals surface area contributed by atoms with Gasteiger partial charge in [-0.2, -0.15) is 0 Å². The summed E-state index contributed by atoms with van der Waals surface area (Å²) in [7, 11) is 0. The van der Waals surface area contributed by atoms with Crippen molar-refractivity contribution in [2.45, 2.75) is 50.1 Å². The largest absolute Gasteiger partial charge is 0.477 e. The Morgan fingerprint density at radius 2 is 2.08 bits per heavy atom. The number of thioether (sulfide) groups is 1. The number of aliphatic hydroxyl groups is 1. The molecule has 0 aromatic carbocycles. The Bertz CT molecular complexity index is 699. The minimum absolute atomic E-state index is 0.0254. The summed E-state index contributed by atoms with van der Waals surface area (Å²) >= 11 is 1.33. The molecule has 3 aliphatic rings. The number of carbonyl (C=O) groups excluding carboxylic acids is 2. The lowest BCUT2D eigenvalue weighted by molar-refractivity contribution is -0.161. The fourth-order valence-electron chi connectivity index (χ4n) is 4.06. The molecule has 5 N–H and O–H groups in total. The summed E-state index contributed by atoms with van der Waals surface area (Å²) in [4.78, 5) is 39.0. The van der Waals surface area contributed by atoms with Gasteiger partial charge in [0.25, 0.3) is 0 Å². The molecule has 0 aliphatic carbocycles. The van der Waals surface area contributed by atoms with Crippen molar-refractivity contribution in [1.29, 1.82) is 5.41 Å². The quantitative estimate of drug-likeness (QED) is 0.286. The van der Waals surface area contributed by atoms with Gasteiger partial charge in [-0.25, -0.2) is 4.79 Å². The number of aliphatic hydroxyl groups excluding tert-OH is 1. The van der Waals surface area contributed by atoms with E-state index in [-0.39, 0.29) is 28.7 Å². The van der Waals surface area contributed by atoms with Gasteiger partial charge in [-0.1, -0.05) is 0 Å². The van der Waals surface area contributed by atoms with Crippen LogP contribution in [0.3, 0.4) is 0 Å². The van der Waals surface area contributed by atoms with Crippen molar-refractivity contribution < 1.29 is 24.6 Å². The highest BCUT2D eigenvalue weighted by Crippen LogP contribution is 2.49. The van der Waals surface area contributed by atoms with E-state index in [1.807, 2.05) is 0 Å². The minimum atomic E-state index is -1.17. The number of hydrogen-bond acceptors (Lipinski definition) is 6. The second-order valence-electron chi connectivity index (χ2n) is 6.95. The van der Waals surface area contributed by atoms with Crippen LogP contribution in [0.15, 0.2) is 10.6 Å². The van der Waals surface area contributed by atoms with Crippen molar-refractivity contribution in [1.82, 2.24) is 9.80 Å². The van der Waals surface area contributed by atoms with Gasteiger partial charge in [0.1, 0.15) is 11.7 Å². The molecule has 0 aromatic rings. The van der Waals surface area contributed by atoms with E-state index in [2.05, 4.69) is 0 Å². The maximum absolute atomic E-state index is 12.2. The Morgan fingerprint density at radius 3 is 2.54 bits per heavy atom. The maximum Gasteiger partial charge on any atom is 0.353 e. The highest BCUT2D eigenvalue weighted by atomic mass is 32.2. The normalized spacial score (nSPS) is 31.7. The zero-order valence-corrected chi connectivity index (χ0v) is 15.3. The number of nitrogens with one attached hydrogen (secondary N) is 1. The number of fused-ring (bicyclic) bond motifs is 1. The zero-order chi connectivity index (χ0) is 19.3. The Balaban J connectivity index is 1.79. The first-order valence-corrected chi connectivity index (χ1v) is 9.26. The SMILES string of the molecule is CC(=N)N1C[C@@H](SC2=C(C(=O)O)N3C(=O)[C@H](C(C)O)[C@H]3C2)CC1C(N)=O. The fourth-order valence-corrected chi connectivity index (χ4v) is 5.54. The first-order valence-electron chi connectivity index (χ1n) is 8.38. The summed E-state index contributed by atoms with van der Waals surface area (Å²) in [6, 6.07) is -0.908. The molecule has 142 valence electrons. The number of nitrogens with zero attached hydrogens (tertiary/aromatic N) is 2. The van der Waals surface area contributed by atoms with Crippen molar-refractivity contribution >= 4 is 35.4 Å². The van der Waals surface area contributed by atoms with E-state index >= 15 is 0 Å². The average Bonchev–Trinajstić information content (AvgIpc) is 3.07. The van der Waals surface area contributed by atoms with Crippen molar-refractivity contribution in [3.63, 3.8) is 0 Å². The van der Waals surface area contributed by atoms with Crippen molar-refractivity contribution in [2.24, 2.45) is 11.7 Å². The summed E-state index contributed by atoms with van der Waals surface area (Å²) in [5.41, 5.74) is 5.40. The van der Waals surface area contributed by atoms with Crippen LogP contribution in [0.1, 0.15) is 26.7 Å². The minimum Gasteiger partial charge on any atom is -0.477 e. The Kier molecular flexibility index (Phi) is 4.74. The van der Waals surface area contributed by atoms with Crippen LogP contribution in [0, 0.1) is 11.3 Å². The zero-order valence-electron chi connectivity index (χ0n) is 14.5. The summed E-state index contributed by atoms with van der Waals surface area (Å²) in [5, 5.41) is 27.0. The molecule has 26 heavy (non-hydrogen) atoms. The number of carboxylic acid groups (broad SMARTS) is 1. The molecule has 10 heteroatoms. The van der Waals surface area contributed by atoms with Crippen LogP contribution in [0.5, 0.6) is 0 Å². The second kappa shape index (κ2) is 6.58. The average molecular weight is 382 g/mol. The highest BCUT2D eigenvalue weighted by molar-refractivity contribution is 8.03. The van der Waals surface area contributed by atoms with Gasteiger partial charge in [0, 0.05) is 23.1 Å². The van der Waals surface area contributed by atoms with Gasteiger partial charge in [-0.15, -0.1) is 11.8 Å². The molecule has 2 amide bonds. The maximum atomic E-state index is 12.2. The molecule has 0 radical (unpaired) electrons. The summed E-state index contributed by atoms with van der Waals surface area (Å²) in [6.07, 6.45) is -0.0232. The number of β-lactam (4-membered cyclic amide) rings is 1. The number of rotatable bonds is 5. The summed E-state index contributed by atoms with van der Waals surface area (Å²) in [6.45, 7) is 3.53. The van der Waals surface area contributed by atoms with Gasteiger partial charge in [0.05, 0.1) is 23.9 Å². The van der Waals surface area contributed by atoms with Crippen LogP contribution in [0.25, 0.3) is 0 Å². The number of carbonyl (C=O) groups is 3. The Labute approximate surface area is 154 Å². The van der Waals surface area contributed by atoms with E-state index in [0.717, 1.165) is 0 Å². The molecule has 3 aliphatic heterocycles. The standard InChI is InChI=1S/C16H22N4O5S/c1-6(21)12-9-4-11(13(16(24)25)20(9)15(12)23)26-8-3-10(14(18)22)19(5-8)7(2)17/h6,8-10,12,17,21H,3-5H2,1-2H3,(H2,18,22)(H,24,25)/t6?,8-,9+,10?,12+/m0/s1. The van der Waals surface area contributed by atoms with Gasteiger partial charge < -0.3 is 25.7 Å². The molecule has 2 unspecified atom stereocenters. The van der Waals surface area contributed by atoms with E-state index in [9.17, 15) is 24.6 Å². The Morgan fingerprint density at radius 1 is 1.42 bits per heavy atom. The third-order valence-corrected chi connectivity index (χ3v) is 6.54. The number of likely N-dealkylation sites (tertiary alicyclic amines) is 1. The van der Waals surface area contributed by atoms with E-state index in [1.54, 1.807) is 11.8 Å². The van der Waals surface area contributed by atoms with Crippen LogP contribution >= 0.6 is 11.8 Å².